The van der Waals surface area contributed by atoms with Crippen LogP contribution in [0.25, 0.3) is 0 Å². The van der Waals surface area contributed by atoms with Gasteiger partial charge in [-0.3, -0.25) is 4.79 Å². The van der Waals surface area contributed by atoms with Gasteiger partial charge in [-0.25, -0.2) is 0 Å². The Balaban J connectivity index is 2.88. The first-order chi connectivity index (χ1) is 9.38. The summed E-state index contributed by atoms with van der Waals surface area (Å²) in [5.41, 5.74) is -1.25. The zero-order chi connectivity index (χ0) is 15.2. The van der Waals surface area contributed by atoms with E-state index >= 15 is 0 Å². The van der Waals surface area contributed by atoms with Gasteiger partial charge in [-0.1, -0.05) is 6.08 Å². The summed E-state index contributed by atoms with van der Waals surface area (Å²) in [6.45, 7) is 3.74. The lowest BCUT2D eigenvalue weighted by molar-refractivity contribution is -0.137. The van der Waals surface area contributed by atoms with Crippen molar-refractivity contribution in [3.05, 3.63) is 36.4 Å². The Morgan fingerprint density at radius 3 is 2.70 bits per heavy atom. The first-order valence-corrected chi connectivity index (χ1v) is 5.75. The third-order valence-electron chi connectivity index (χ3n) is 2.38. The fourth-order valence-corrected chi connectivity index (χ4v) is 1.48. The minimum absolute atomic E-state index is 0.0695. The van der Waals surface area contributed by atoms with E-state index < -0.39 is 17.6 Å². The van der Waals surface area contributed by atoms with E-state index in [1.165, 1.54) is 13.2 Å². The van der Waals surface area contributed by atoms with Gasteiger partial charge in [-0.2, -0.15) is 13.2 Å². The molecule has 20 heavy (non-hydrogen) atoms. The zero-order valence-electron chi connectivity index (χ0n) is 10.9. The SMILES string of the molecule is C=CCNCC(=O)Nc1ccc(OC)cc1C(F)(F)F. The number of anilines is 1. The van der Waals surface area contributed by atoms with Crippen LogP contribution >= 0.6 is 0 Å². The van der Waals surface area contributed by atoms with E-state index in [0.29, 0.717) is 6.54 Å². The van der Waals surface area contributed by atoms with Crippen molar-refractivity contribution in [2.24, 2.45) is 0 Å². The number of nitrogens with one attached hydrogen (secondary N) is 2. The summed E-state index contributed by atoms with van der Waals surface area (Å²) in [4.78, 5) is 11.5. The van der Waals surface area contributed by atoms with Crippen molar-refractivity contribution >= 4 is 11.6 Å². The van der Waals surface area contributed by atoms with E-state index in [1.807, 2.05) is 0 Å². The first-order valence-electron chi connectivity index (χ1n) is 5.75. The standard InChI is InChI=1S/C13H15F3N2O2/c1-3-6-17-8-12(19)18-11-5-4-9(20-2)7-10(11)13(14,15)16/h3-5,7,17H,1,6,8H2,2H3,(H,18,19). The van der Waals surface area contributed by atoms with Gasteiger partial charge in [0.1, 0.15) is 5.75 Å². The Morgan fingerprint density at radius 1 is 1.45 bits per heavy atom. The van der Waals surface area contributed by atoms with Crippen molar-refractivity contribution < 1.29 is 22.7 Å². The van der Waals surface area contributed by atoms with Crippen molar-refractivity contribution in [2.75, 3.05) is 25.5 Å². The molecule has 0 atom stereocenters. The molecule has 4 nitrogen and oxygen atoms in total. The van der Waals surface area contributed by atoms with Crippen molar-refractivity contribution in [2.45, 2.75) is 6.18 Å². The van der Waals surface area contributed by atoms with Gasteiger partial charge in [0.05, 0.1) is 24.9 Å². The summed E-state index contributed by atoms with van der Waals surface area (Å²) >= 11 is 0. The van der Waals surface area contributed by atoms with Crippen LogP contribution in [-0.2, 0) is 11.0 Å². The fraction of sp³-hybridized carbons (Fsp3) is 0.308. The molecule has 0 spiro atoms. The van der Waals surface area contributed by atoms with E-state index in [4.69, 9.17) is 4.74 Å². The largest absolute Gasteiger partial charge is 0.497 e. The number of amides is 1. The van der Waals surface area contributed by atoms with E-state index in [2.05, 4.69) is 17.2 Å². The Hall–Kier alpha value is -2.02. The number of hydrogen-bond acceptors (Lipinski definition) is 3. The molecule has 1 rings (SSSR count). The minimum Gasteiger partial charge on any atom is -0.497 e. The average Bonchev–Trinajstić information content (AvgIpc) is 2.38. The van der Waals surface area contributed by atoms with Crippen LogP contribution < -0.4 is 15.4 Å². The van der Waals surface area contributed by atoms with Crippen LogP contribution in [0.1, 0.15) is 5.56 Å². The number of carbonyl (C=O) groups is 1. The molecule has 110 valence electrons. The van der Waals surface area contributed by atoms with Crippen LogP contribution in [0.4, 0.5) is 18.9 Å². The second kappa shape index (κ2) is 6.95. The Kier molecular flexibility index (Phi) is 5.57. The number of benzene rings is 1. The van der Waals surface area contributed by atoms with Crippen molar-refractivity contribution in [1.82, 2.24) is 5.32 Å². The molecule has 1 amide bonds. The zero-order valence-corrected chi connectivity index (χ0v) is 10.9. The number of methoxy groups -OCH3 is 1. The highest BCUT2D eigenvalue weighted by Crippen LogP contribution is 2.37. The monoisotopic (exact) mass is 288 g/mol. The van der Waals surface area contributed by atoms with Crippen LogP contribution in [0, 0.1) is 0 Å². The third kappa shape index (κ3) is 4.58. The Bertz CT molecular complexity index is 487. The number of alkyl halides is 3. The lowest BCUT2D eigenvalue weighted by Gasteiger charge is -2.15. The lowest BCUT2D eigenvalue weighted by atomic mass is 10.1. The van der Waals surface area contributed by atoms with Gasteiger partial charge in [0.2, 0.25) is 5.91 Å². The van der Waals surface area contributed by atoms with Crippen LogP contribution in [0.5, 0.6) is 5.75 Å². The second-order valence-electron chi connectivity index (χ2n) is 3.88. The molecule has 0 aliphatic heterocycles. The smallest absolute Gasteiger partial charge is 0.418 e. The summed E-state index contributed by atoms with van der Waals surface area (Å²) in [6, 6.07) is 3.35. The first kappa shape index (κ1) is 16.0. The van der Waals surface area contributed by atoms with Crippen molar-refractivity contribution in [3.63, 3.8) is 0 Å². The molecular formula is C13H15F3N2O2. The Labute approximate surface area is 114 Å². The van der Waals surface area contributed by atoms with Gasteiger partial charge in [0, 0.05) is 6.54 Å². The average molecular weight is 288 g/mol. The molecule has 0 fully saturated rings. The van der Waals surface area contributed by atoms with Gasteiger partial charge in [0.25, 0.3) is 0 Å². The fourth-order valence-electron chi connectivity index (χ4n) is 1.48. The van der Waals surface area contributed by atoms with Crippen molar-refractivity contribution in [3.8, 4) is 5.75 Å². The van der Waals surface area contributed by atoms with E-state index in [9.17, 15) is 18.0 Å². The minimum atomic E-state index is -4.58. The number of rotatable bonds is 6. The van der Waals surface area contributed by atoms with Gasteiger partial charge in [-0.15, -0.1) is 6.58 Å². The highest BCUT2D eigenvalue weighted by molar-refractivity contribution is 5.93. The predicted octanol–water partition coefficient (Wildman–Crippen LogP) is 2.43. The Morgan fingerprint density at radius 2 is 2.15 bits per heavy atom. The molecule has 0 aliphatic carbocycles. The molecule has 0 aromatic heterocycles. The normalized spacial score (nSPS) is 11.0. The number of halogens is 3. The number of carbonyl (C=O) groups excluding carboxylic acids is 1. The number of hydrogen-bond donors (Lipinski definition) is 2. The molecule has 0 saturated carbocycles. The highest BCUT2D eigenvalue weighted by atomic mass is 19.4. The molecule has 1 aromatic carbocycles. The molecular weight excluding hydrogens is 273 g/mol. The topological polar surface area (TPSA) is 50.4 Å². The highest BCUT2D eigenvalue weighted by Gasteiger charge is 2.34. The van der Waals surface area contributed by atoms with Crippen LogP contribution in [0.2, 0.25) is 0 Å². The maximum Gasteiger partial charge on any atom is 0.418 e. The molecule has 0 aliphatic rings. The van der Waals surface area contributed by atoms with Gasteiger partial charge in [-0.05, 0) is 18.2 Å². The molecule has 0 bridgehead atoms. The van der Waals surface area contributed by atoms with E-state index in [0.717, 1.165) is 12.1 Å². The molecule has 0 radical (unpaired) electrons. The van der Waals surface area contributed by atoms with E-state index in [1.54, 1.807) is 6.08 Å². The second-order valence-corrected chi connectivity index (χ2v) is 3.88. The molecule has 0 saturated heterocycles. The third-order valence-corrected chi connectivity index (χ3v) is 2.38. The van der Waals surface area contributed by atoms with Gasteiger partial charge >= 0.3 is 6.18 Å². The lowest BCUT2D eigenvalue weighted by Crippen LogP contribution is -2.28. The molecule has 0 unspecified atom stereocenters. The van der Waals surface area contributed by atoms with Crippen LogP contribution in [0.15, 0.2) is 30.9 Å². The molecule has 1 aromatic rings. The predicted molar refractivity (Wildman–Crippen MR) is 69.7 cm³/mol. The molecule has 0 heterocycles. The molecule has 7 heteroatoms. The number of ether oxygens (including phenoxy) is 1. The molecule has 2 N–H and O–H groups in total. The van der Waals surface area contributed by atoms with Gasteiger partial charge < -0.3 is 15.4 Å². The van der Waals surface area contributed by atoms with E-state index in [-0.39, 0.29) is 18.0 Å². The summed E-state index contributed by atoms with van der Waals surface area (Å²) in [6.07, 6.45) is -3.03. The summed E-state index contributed by atoms with van der Waals surface area (Å²) in [7, 11) is 1.27. The summed E-state index contributed by atoms with van der Waals surface area (Å²) in [5.74, 6) is -0.498. The van der Waals surface area contributed by atoms with Crippen LogP contribution in [0.3, 0.4) is 0 Å². The van der Waals surface area contributed by atoms with Gasteiger partial charge in [0.15, 0.2) is 0 Å². The summed E-state index contributed by atoms with van der Waals surface area (Å²) < 4.78 is 43.4. The quantitative estimate of drug-likeness (QED) is 0.624. The van der Waals surface area contributed by atoms with Crippen molar-refractivity contribution in [1.29, 1.82) is 0 Å². The maximum atomic E-state index is 12.9. The van der Waals surface area contributed by atoms with Crippen LogP contribution in [-0.4, -0.2) is 26.1 Å². The maximum absolute atomic E-state index is 12.9. The summed E-state index contributed by atoms with van der Waals surface area (Å²) in [5, 5.41) is 4.92.